The maximum atomic E-state index is 12.3. The third kappa shape index (κ3) is 6.40. The fourth-order valence-electron chi connectivity index (χ4n) is 2.64. The third-order valence-electron chi connectivity index (χ3n) is 3.80. The smallest absolute Gasteiger partial charge is 0.223 e. The van der Waals surface area contributed by atoms with Gasteiger partial charge in [-0.1, -0.05) is 12.1 Å². The third-order valence-corrected chi connectivity index (χ3v) is 3.80. The summed E-state index contributed by atoms with van der Waals surface area (Å²) in [5.74, 6) is 1.15. The number of benzene rings is 1. The lowest BCUT2D eigenvalue weighted by Crippen LogP contribution is -2.38. The minimum atomic E-state index is -0.248. The molecule has 0 spiro atoms. The first-order valence-electron chi connectivity index (χ1n) is 8.12. The van der Waals surface area contributed by atoms with E-state index in [1.165, 1.54) is 0 Å². The zero-order valence-electron chi connectivity index (χ0n) is 14.6. The zero-order chi connectivity index (χ0) is 16.2. The van der Waals surface area contributed by atoms with E-state index >= 15 is 0 Å². The number of halogens is 1. The van der Waals surface area contributed by atoms with Crippen LogP contribution >= 0.6 is 12.4 Å². The molecule has 2 rings (SSSR count). The van der Waals surface area contributed by atoms with Gasteiger partial charge in [-0.3, -0.25) is 4.79 Å². The van der Waals surface area contributed by atoms with E-state index in [4.69, 9.17) is 4.74 Å². The van der Waals surface area contributed by atoms with E-state index in [2.05, 4.69) is 16.7 Å². The highest BCUT2D eigenvalue weighted by Gasteiger charge is 2.21. The largest absolute Gasteiger partial charge is 0.488 e. The lowest BCUT2D eigenvalue weighted by Gasteiger charge is -2.25. The first-order valence-corrected chi connectivity index (χ1v) is 8.12. The standard InChI is InChI=1S/C18H28N2O2.ClH/c1-13-5-6-15(16(11-13)22-18(2,3)4)12-20-17(21)14-7-9-19-10-8-14;/h5-6,11,14,19H,7-10,12H2,1-4H3,(H,20,21);1H. The number of rotatable bonds is 4. The van der Waals surface area contributed by atoms with Crippen molar-refractivity contribution in [1.82, 2.24) is 10.6 Å². The highest BCUT2D eigenvalue weighted by atomic mass is 35.5. The lowest BCUT2D eigenvalue weighted by molar-refractivity contribution is -0.125. The molecule has 1 fully saturated rings. The first kappa shape index (κ1) is 19.8. The molecular weight excluding hydrogens is 312 g/mol. The van der Waals surface area contributed by atoms with Crippen molar-refractivity contribution >= 4 is 18.3 Å². The van der Waals surface area contributed by atoms with Crippen molar-refractivity contribution in [2.75, 3.05) is 13.1 Å². The molecular formula is C18H29ClN2O2. The van der Waals surface area contributed by atoms with Gasteiger partial charge in [-0.25, -0.2) is 0 Å². The average Bonchev–Trinajstić information content (AvgIpc) is 2.45. The molecule has 1 saturated heterocycles. The molecule has 5 heteroatoms. The van der Waals surface area contributed by atoms with Crippen LogP contribution in [0, 0.1) is 12.8 Å². The summed E-state index contributed by atoms with van der Waals surface area (Å²) in [7, 11) is 0. The molecule has 130 valence electrons. The predicted molar refractivity (Wildman–Crippen MR) is 96.2 cm³/mol. The summed E-state index contributed by atoms with van der Waals surface area (Å²) >= 11 is 0. The van der Waals surface area contributed by atoms with Crippen molar-refractivity contribution in [3.8, 4) is 5.75 Å². The Morgan fingerprint density at radius 1 is 1.30 bits per heavy atom. The van der Waals surface area contributed by atoms with Crippen molar-refractivity contribution in [1.29, 1.82) is 0 Å². The van der Waals surface area contributed by atoms with Crippen LogP contribution in [0.1, 0.15) is 44.7 Å². The van der Waals surface area contributed by atoms with Gasteiger partial charge in [0.15, 0.2) is 0 Å². The van der Waals surface area contributed by atoms with E-state index in [0.717, 1.165) is 42.8 Å². The van der Waals surface area contributed by atoms with Crippen molar-refractivity contribution < 1.29 is 9.53 Å². The number of nitrogens with one attached hydrogen (secondary N) is 2. The SMILES string of the molecule is Cc1ccc(CNC(=O)C2CCNCC2)c(OC(C)(C)C)c1.Cl. The highest BCUT2D eigenvalue weighted by molar-refractivity contribution is 5.85. The molecule has 0 atom stereocenters. The van der Waals surface area contributed by atoms with E-state index in [0.29, 0.717) is 6.54 Å². The lowest BCUT2D eigenvalue weighted by atomic mass is 9.97. The number of amides is 1. The Morgan fingerprint density at radius 2 is 1.96 bits per heavy atom. The molecule has 0 saturated carbocycles. The van der Waals surface area contributed by atoms with Crippen molar-refractivity contribution in [3.05, 3.63) is 29.3 Å². The normalized spacial score (nSPS) is 15.7. The second-order valence-corrected chi connectivity index (χ2v) is 7.07. The van der Waals surface area contributed by atoms with Crippen LogP contribution in [0.5, 0.6) is 5.75 Å². The van der Waals surface area contributed by atoms with Crippen molar-refractivity contribution in [2.24, 2.45) is 5.92 Å². The number of aryl methyl sites for hydroxylation is 1. The fraction of sp³-hybridized carbons (Fsp3) is 0.611. The molecule has 0 aromatic heterocycles. The fourth-order valence-corrected chi connectivity index (χ4v) is 2.64. The van der Waals surface area contributed by atoms with Gasteiger partial charge in [-0.2, -0.15) is 0 Å². The first-order chi connectivity index (χ1) is 10.3. The van der Waals surface area contributed by atoms with Crippen LogP contribution in [0.2, 0.25) is 0 Å². The van der Waals surface area contributed by atoms with Crippen LogP contribution in [0.25, 0.3) is 0 Å². The Labute approximate surface area is 145 Å². The summed E-state index contributed by atoms with van der Waals surface area (Å²) in [6.45, 7) is 10.5. The monoisotopic (exact) mass is 340 g/mol. The van der Waals surface area contributed by atoms with E-state index < -0.39 is 0 Å². The molecule has 1 amide bonds. The number of hydrogen-bond acceptors (Lipinski definition) is 3. The van der Waals surface area contributed by atoms with Crippen LogP contribution in [0.4, 0.5) is 0 Å². The summed E-state index contributed by atoms with van der Waals surface area (Å²) in [6, 6.07) is 6.14. The Balaban J connectivity index is 0.00000264. The second kappa shape index (κ2) is 8.55. The molecule has 4 nitrogen and oxygen atoms in total. The minimum Gasteiger partial charge on any atom is -0.488 e. The van der Waals surface area contributed by atoms with Gasteiger partial charge in [0.25, 0.3) is 0 Å². The minimum absolute atomic E-state index is 0. The van der Waals surface area contributed by atoms with Crippen LogP contribution in [-0.4, -0.2) is 24.6 Å². The van der Waals surface area contributed by atoms with Crippen LogP contribution in [0.15, 0.2) is 18.2 Å². The second-order valence-electron chi connectivity index (χ2n) is 7.07. The molecule has 1 heterocycles. The molecule has 1 aromatic rings. The van der Waals surface area contributed by atoms with Crippen molar-refractivity contribution in [2.45, 2.75) is 52.7 Å². The van der Waals surface area contributed by atoms with Crippen molar-refractivity contribution in [3.63, 3.8) is 0 Å². The highest BCUT2D eigenvalue weighted by Crippen LogP contribution is 2.25. The summed E-state index contributed by atoms with van der Waals surface area (Å²) in [5, 5.41) is 6.35. The Bertz CT molecular complexity index is 520. The quantitative estimate of drug-likeness (QED) is 0.884. The van der Waals surface area contributed by atoms with E-state index in [9.17, 15) is 4.79 Å². The maximum Gasteiger partial charge on any atom is 0.223 e. The molecule has 0 bridgehead atoms. The summed E-state index contributed by atoms with van der Waals surface area (Å²) in [5.41, 5.74) is 1.94. The van der Waals surface area contributed by atoms with Gasteiger partial charge < -0.3 is 15.4 Å². The van der Waals surface area contributed by atoms with Gasteiger partial charge in [0, 0.05) is 18.0 Å². The molecule has 2 N–H and O–H groups in total. The van der Waals surface area contributed by atoms with Gasteiger partial charge >= 0.3 is 0 Å². The van der Waals surface area contributed by atoms with Gasteiger partial charge in [-0.15, -0.1) is 12.4 Å². The Kier molecular flexibility index (Phi) is 7.36. The number of ether oxygens (including phenoxy) is 1. The van der Waals surface area contributed by atoms with Crippen LogP contribution in [-0.2, 0) is 11.3 Å². The number of hydrogen-bond donors (Lipinski definition) is 2. The summed E-state index contributed by atoms with van der Waals surface area (Å²) in [6.07, 6.45) is 1.84. The Morgan fingerprint density at radius 3 is 2.57 bits per heavy atom. The Hall–Kier alpha value is -1.26. The molecule has 1 aliphatic rings. The maximum absolute atomic E-state index is 12.3. The van der Waals surface area contributed by atoms with Gasteiger partial charge in [0.05, 0.1) is 0 Å². The number of piperidine rings is 1. The molecule has 0 radical (unpaired) electrons. The van der Waals surface area contributed by atoms with Crippen LogP contribution in [0.3, 0.4) is 0 Å². The van der Waals surface area contributed by atoms with Gasteiger partial charge in [-0.05, 0) is 65.3 Å². The molecule has 23 heavy (non-hydrogen) atoms. The average molecular weight is 341 g/mol. The molecule has 0 unspecified atom stereocenters. The zero-order valence-corrected chi connectivity index (χ0v) is 15.4. The van der Waals surface area contributed by atoms with E-state index in [-0.39, 0.29) is 29.8 Å². The molecule has 1 aromatic carbocycles. The van der Waals surface area contributed by atoms with Gasteiger partial charge in [0.2, 0.25) is 5.91 Å². The predicted octanol–water partition coefficient (Wildman–Crippen LogP) is 3.21. The van der Waals surface area contributed by atoms with Gasteiger partial charge in [0.1, 0.15) is 11.4 Å². The summed E-state index contributed by atoms with van der Waals surface area (Å²) in [4.78, 5) is 12.3. The number of carbonyl (C=O) groups is 1. The van der Waals surface area contributed by atoms with E-state index in [1.807, 2.05) is 39.8 Å². The summed E-state index contributed by atoms with van der Waals surface area (Å²) < 4.78 is 6.03. The molecule has 0 aliphatic carbocycles. The topological polar surface area (TPSA) is 50.4 Å². The van der Waals surface area contributed by atoms with E-state index in [1.54, 1.807) is 0 Å². The number of carbonyl (C=O) groups excluding carboxylic acids is 1. The molecule has 1 aliphatic heterocycles. The van der Waals surface area contributed by atoms with Crippen LogP contribution < -0.4 is 15.4 Å².